The largest absolute Gasteiger partial charge is 0.323 e. The average molecular weight is 305 g/mol. The lowest BCUT2D eigenvalue weighted by Gasteiger charge is -2.26. The molecule has 1 aliphatic rings. The lowest BCUT2D eigenvalue weighted by atomic mass is 9.94. The molecule has 2 N–H and O–H groups in total. The van der Waals surface area contributed by atoms with Gasteiger partial charge < -0.3 is 10.6 Å². The van der Waals surface area contributed by atoms with Gasteiger partial charge in [0.1, 0.15) is 11.9 Å². The van der Waals surface area contributed by atoms with Crippen molar-refractivity contribution in [3.05, 3.63) is 64.4 Å². The molecule has 1 aliphatic heterocycles. The second-order valence-corrected chi connectivity index (χ2v) is 5.36. The topological polar surface area (TPSA) is 41.1 Å². The maximum absolute atomic E-state index is 13.0. The number of nitrogens with one attached hydrogen (secondary N) is 2. The van der Waals surface area contributed by atoms with Crippen LogP contribution >= 0.6 is 11.6 Å². The molecule has 3 nitrogen and oxygen atoms in total. The van der Waals surface area contributed by atoms with Gasteiger partial charge in [0.15, 0.2) is 0 Å². The molecule has 1 amide bonds. The molecule has 0 bridgehead atoms. The summed E-state index contributed by atoms with van der Waals surface area (Å²) >= 11 is 5.94. The average Bonchev–Trinajstić information content (AvgIpc) is 2.49. The van der Waals surface area contributed by atoms with Crippen molar-refractivity contribution in [1.29, 1.82) is 0 Å². The lowest BCUT2D eigenvalue weighted by Crippen LogP contribution is -2.38. The summed E-state index contributed by atoms with van der Waals surface area (Å²) in [5.41, 5.74) is 2.55. The molecule has 108 valence electrons. The molecule has 0 saturated carbocycles. The number of benzene rings is 2. The van der Waals surface area contributed by atoms with Gasteiger partial charge >= 0.3 is 0 Å². The van der Waals surface area contributed by atoms with E-state index in [2.05, 4.69) is 10.6 Å². The summed E-state index contributed by atoms with van der Waals surface area (Å²) in [5, 5.41) is 6.13. The van der Waals surface area contributed by atoms with E-state index in [1.807, 2.05) is 24.3 Å². The number of carbonyl (C=O) groups is 1. The summed E-state index contributed by atoms with van der Waals surface area (Å²) in [7, 11) is 0. The van der Waals surface area contributed by atoms with Gasteiger partial charge in [-0.2, -0.15) is 0 Å². The zero-order valence-electron chi connectivity index (χ0n) is 11.2. The number of hydrogen-bond donors (Lipinski definition) is 2. The van der Waals surface area contributed by atoms with Gasteiger partial charge in [0.25, 0.3) is 0 Å². The molecule has 1 heterocycles. The molecular formula is C16H14ClFN2O. The molecule has 0 saturated heterocycles. The predicted octanol–water partition coefficient (Wildman–Crippen LogP) is 3.30. The van der Waals surface area contributed by atoms with Crippen molar-refractivity contribution in [1.82, 2.24) is 5.32 Å². The molecular weight excluding hydrogens is 291 g/mol. The maximum atomic E-state index is 13.0. The lowest BCUT2D eigenvalue weighted by molar-refractivity contribution is -0.118. The van der Waals surface area contributed by atoms with Crippen LogP contribution in [0.4, 0.5) is 10.1 Å². The SMILES string of the molecule is O=C(Nc1ccc(F)cc1Cl)C1NCCc2ccccc21. The summed E-state index contributed by atoms with van der Waals surface area (Å²) in [6, 6.07) is 11.3. The van der Waals surface area contributed by atoms with Crippen LogP contribution < -0.4 is 10.6 Å². The number of hydrogen-bond acceptors (Lipinski definition) is 2. The Kier molecular flexibility index (Phi) is 3.90. The molecule has 1 atom stereocenters. The minimum absolute atomic E-state index is 0.187. The summed E-state index contributed by atoms with van der Waals surface area (Å²) < 4.78 is 13.0. The second kappa shape index (κ2) is 5.84. The third-order valence-corrected chi connectivity index (χ3v) is 3.87. The van der Waals surface area contributed by atoms with Crippen LogP contribution in [-0.4, -0.2) is 12.5 Å². The Morgan fingerprint density at radius 3 is 2.90 bits per heavy atom. The van der Waals surface area contributed by atoms with Crippen LogP contribution in [0.3, 0.4) is 0 Å². The van der Waals surface area contributed by atoms with Gasteiger partial charge in [0.05, 0.1) is 10.7 Å². The van der Waals surface area contributed by atoms with E-state index in [1.165, 1.54) is 23.8 Å². The summed E-state index contributed by atoms with van der Waals surface area (Å²) in [5.74, 6) is -0.630. The quantitative estimate of drug-likeness (QED) is 0.894. The minimum atomic E-state index is -0.431. The van der Waals surface area contributed by atoms with Crippen molar-refractivity contribution in [3.63, 3.8) is 0 Å². The molecule has 0 aliphatic carbocycles. The normalized spacial score (nSPS) is 17.1. The first-order chi connectivity index (χ1) is 10.1. The Hall–Kier alpha value is -1.91. The van der Waals surface area contributed by atoms with E-state index < -0.39 is 11.9 Å². The van der Waals surface area contributed by atoms with Gasteiger partial charge in [0.2, 0.25) is 5.91 Å². The first-order valence-corrected chi connectivity index (χ1v) is 7.10. The van der Waals surface area contributed by atoms with E-state index >= 15 is 0 Å². The summed E-state index contributed by atoms with van der Waals surface area (Å²) in [4.78, 5) is 12.4. The van der Waals surface area contributed by atoms with E-state index in [-0.39, 0.29) is 10.9 Å². The number of halogens is 2. The number of carbonyl (C=O) groups excluding carboxylic acids is 1. The minimum Gasteiger partial charge on any atom is -0.323 e. The third kappa shape index (κ3) is 2.91. The molecule has 21 heavy (non-hydrogen) atoms. The Labute approximate surface area is 127 Å². The predicted molar refractivity (Wildman–Crippen MR) is 80.9 cm³/mol. The standard InChI is InChI=1S/C16H14ClFN2O/c17-13-9-11(18)5-6-14(13)20-16(21)15-12-4-2-1-3-10(12)7-8-19-15/h1-6,9,15,19H,7-8H2,(H,20,21). The van der Waals surface area contributed by atoms with Gasteiger partial charge in [-0.1, -0.05) is 35.9 Å². The van der Waals surface area contributed by atoms with Gasteiger partial charge in [-0.3, -0.25) is 4.79 Å². The van der Waals surface area contributed by atoms with E-state index in [9.17, 15) is 9.18 Å². The summed E-state index contributed by atoms with van der Waals surface area (Å²) in [6.07, 6.45) is 0.900. The number of amides is 1. The van der Waals surface area contributed by atoms with Crippen molar-refractivity contribution in [2.75, 3.05) is 11.9 Å². The Balaban J connectivity index is 1.83. The van der Waals surface area contributed by atoms with E-state index in [0.29, 0.717) is 5.69 Å². The van der Waals surface area contributed by atoms with E-state index in [4.69, 9.17) is 11.6 Å². The van der Waals surface area contributed by atoms with Crippen LogP contribution in [0.15, 0.2) is 42.5 Å². The zero-order chi connectivity index (χ0) is 14.8. The van der Waals surface area contributed by atoms with Crippen molar-refractivity contribution < 1.29 is 9.18 Å². The van der Waals surface area contributed by atoms with Gasteiger partial charge in [-0.15, -0.1) is 0 Å². The van der Waals surface area contributed by atoms with Gasteiger partial charge in [0, 0.05) is 6.54 Å². The Morgan fingerprint density at radius 2 is 2.10 bits per heavy atom. The van der Waals surface area contributed by atoms with Crippen molar-refractivity contribution >= 4 is 23.2 Å². The van der Waals surface area contributed by atoms with E-state index in [0.717, 1.165) is 18.5 Å². The first kappa shape index (κ1) is 14.0. The molecule has 0 radical (unpaired) electrons. The first-order valence-electron chi connectivity index (χ1n) is 6.72. The fraction of sp³-hybridized carbons (Fsp3) is 0.188. The summed E-state index contributed by atoms with van der Waals surface area (Å²) in [6.45, 7) is 0.742. The highest BCUT2D eigenvalue weighted by molar-refractivity contribution is 6.33. The van der Waals surface area contributed by atoms with Crippen LogP contribution in [0.5, 0.6) is 0 Å². The van der Waals surface area contributed by atoms with Crippen molar-refractivity contribution in [2.45, 2.75) is 12.5 Å². The molecule has 5 heteroatoms. The fourth-order valence-electron chi connectivity index (χ4n) is 2.53. The highest BCUT2D eigenvalue weighted by Gasteiger charge is 2.26. The number of rotatable bonds is 2. The molecule has 2 aromatic rings. The molecule has 2 aromatic carbocycles. The van der Waals surface area contributed by atoms with Gasteiger partial charge in [-0.05, 0) is 35.7 Å². The van der Waals surface area contributed by atoms with Crippen molar-refractivity contribution in [2.24, 2.45) is 0 Å². The smallest absolute Gasteiger partial charge is 0.246 e. The Bertz CT molecular complexity index is 690. The van der Waals surface area contributed by atoms with Crippen LogP contribution in [0.1, 0.15) is 17.2 Å². The molecule has 3 rings (SSSR count). The van der Waals surface area contributed by atoms with Crippen LogP contribution in [0.2, 0.25) is 5.02 Å². The monoisotopic (exact) mass is 304 g/mol. The second-order valence-electron chi connectivity index (χ2n) is 4.95. The molecule has 0 aromatic heterocycles. The molecule has 1 unspecified atom stereocenters. The number of fused-ring (bicyclic) bond motifs is 1. The highest BCUT2D eigenvalue weighted by atomic mass is 35.5. The van der Waals surface area contributed by atoms with Crippen LogP contribution in [0.25, 0.3) is 0 Å². The van der Waals surface area contributed by atoms with Crippen molar-refractivity contribution in [3.8, 4) is 0 Å². The highest BCUT2D eigenvalue weighted by Crippen LogP contribution is 2.27. The third-order valence-electron chi connectivity index (χ3n) is 3.56. The maximum Gasteiger partial charge on any atom is 0.246 e. The van der Waals surface area contributed by atoms with Crippen LogP contribution in [0, 0.1) is 5.82 Å². The van der Waals surface area contributed by atoms with Gasteiger partial charge in [-0.25, -0.2) is 4.39 Å². The number of anilines is 1. The van der Waals surface area contributed by atoms with E-state index in [1.54, 1.807) is 0 Å². The Morgan fingerprint density at radius 1 is 1.29 bits per heavy atom. The zero-order valence-corrected chi connectivity index (χ0v) is 12.0. The molecule has 0 fully saturated rings. The molecule has 0 spiro atoms. The fourth-order valence-corrected chi connectivity index (χ4v) is 2.75. The van der Waals surface area contributed by atoms with Crippen LogP contribution in [-0.2, 0) is 11.2 Å².